The van der Waals surface area contributed by atoms with E-state index in [1.54, 1.807) is 5.57 Å². The number of rotatable bonds is 9. The van der Waals surface area contributed by atoms with Crippen LogP contribution in [0.25, 0.3) is 0 Å². The van der Waals surface area contributed by atoms with Crippen LogP contribution >= 0.6 is 0 Å². The largest absolute Gasteiger partial charge is 0.390 e. The molecule has 0 saturated heterocycles. The normalized spacial score (nSPS) is 34.4. The highest BCUT2D eigenvalue weighted by Crippen LogP contribution is 2.60. The van der Waals surface area contributed by atoms with Crippen LogP contribution in [-0.2, 0) is 11.3 Å². The Morgan fingerprint density at radius 3 is 2.46 bits per heavy atom. The predicted octanol–water partition coefficient (Wildman–Crippen LogP) is 6.73. The molecule has 0 spiro atoms. The Bertz CT molecular complexity index is 915. The SMILES string of the molecule is C[C@H](CCCC(C)(C)O)[C@H]1CC[C@H]2/C(=C/C=C3C[C@@H](O)C(OCc4ccccc4)[C@H](O)C3)CCC[C@]12C. The van der Waals surface area contributed by atoms with E-state index in [-0.39, 0.29) is 0 Å². The van der Waals surface area contributed by atoms with Crippen molar-refractivity contribution in [2.45, 2.75) is 122 Å². The van der Waals surface area contributed by atoms with Gasteiger partial charge < -0.3 is 20.1 Å². The zero-order valence-electron chi connectivity index (χ0n) is 23.5. The molecule has 3 saturated carbocycles. The van der Waals surface area contributed by atoms with Crippen LogP contribution in [0.4, 0.5) is 0 Å². The summed E-state index contributed by atoms with van der Waals surface area (Å²) in [5.41, 5.74) is 3.53. The molecular formula is C33H50O4. The van der Waals surface area contributed by atoms with Gasteiger partial charge in [0.1, 0.15) is 6.10 Å². The van der Waals surface area contributed by atoms with E-state index in [0.29, 0.717) is 36.7 Å². The second kappa shape index (κ2) is 12.2. The maximum absolute atomic E-state index is 10.8. The maximum Gasteiger partial charge on any atom is 0.110 e. The molecule has 6 atom stereocenters. The molecule has 3 aliphatic carbocycles. The molecule has 3 aliphatic rings. The topological polar surface area (TPSA) is 69.9 Å². The molecule has 206 valence electrons. The summed E-state index contributed by atoms with van der Waals surface area (Å²) in [7, 11) is 0. The zero-order chi connectivity index (χ0) is 26.6. The van der Waals surface area contributed by atoms with Gasteiger partial charge >= 0.3 is 0 Å². The molecule has 0 radical (unpaired) electrons. The van der Waals surface area contributed by atoms with Crippen molar-refractivity contribution in [2.24, 2.45) is 23.2 Å². The molecule has 0 heterocycles. The monoisotopic (exact) mass is 510 g/mol. The van der Waals surface area contributed by atoms with Crippen LogP contribution in [0.5, 0.6) is 0 Å². The maximum atomic E-state index is 10.8. The van der Waals surface area contributed by atoms with Crippen LogP contribution in [0.15, 0.2) is 53.6 Å². The van der Waals surface area contributed by atoms with Gasteiger partial charge in [0.15, 0.2) is 0 Å². The van der Waals surface area contributed by atoms with Gasteiger partial charge in [-0.15, -0.1) is 0 Å². The number of ether oxygens (including phenoxy) is 1. The first-order valence-electron chi connectivity index (χ1n) is 14.7. The summed E-state index contributed by atoms with van der Waals surface area (Å²) in [4.78, 5) is 0. The smallest absolute Gasteiger partial charge is 0.110 e. The van der Waals surface area contributed by atoms with Crippen LogP contribution < -0.4 is 0 Å². The summed E-state index contributed by atoms with van der Waals surface area (Å²) in [6.07, 6.45) is 13.2. The highest BCUT2D eigenvalue weighted by atomic mass is 16.5. The van der Waals surface area contributed by atoms with Gasteiger partial charge in [-0.05, 0) is 93.9 Å². The lowest BCUT2D eigenvalue weighted by atomic mass is 9.60. The van der Waals surface area contributed by atoms with Crippen molar-refractivity contribution in [2.75, 3.05) is 0 Å². The molecule has 0 aliphatic heterocycles. The number of aliphatic hydroxyl groups is 3. The lowest BCUT2D eigenvalue weighted by Gasteiger charge is -2.44. The van der Waals surface area contributed by atoms with Crippen LogP contribution in [0.1, 0.15) is 97.5 Å². The van der Waals surface area contributed by atoms with Gasteiger partial charge in [-0.3, -0.25) is 0 Å². The quantitative estimate of drug-likeness (QED) is 0.344. The van der Waals surface area contributed by atoms with Gasteiger partial charge in [0.2, 0.25) is 0 Å². The van der Waals surface area contributed by atoms with E-state index >= 15 is 0 Å². The van der Waals surface area contributed by atoms with Crippen molar-refractivity contribution >= 4 is 0 Å². The molecule has 0 aromatic heterocycles. The first-order valence-corrected chi connectivity index (χ1v) is 14.7. The van der Waals surface area contributed by atoms with Gasteiger partial charge in [0, 0.05) is 0 Å². The molecule has 0 bridgehead atoms. The fourth-order valence-corrected chi connectivity index (χ4v) is 7.73. The molecule has 3 fully saturated rings. The molecule has 37 heavy (non-hydrogen) atoms. The van der Waals surface area contributed by atoms with Crippen molar-refractivity contribution in [3.05, 3.63) is 59.2 Å². The first-order chi connectivity index (χ1) is 17.6. The Hall–Kier alpha value is -1.46. The fraction of sp³-hybridized carbons (Fsp3) is 0.697. The number of hydrogen-bond donors (Lipinski definition) is 3. The van der Waals surface area contributed by atoms with E-state index in [4.69, 9.17) is 4.74 Å². The van der Waals surface area contributed by atoms with Crippen LogP contribution in [0, 0.1) is 23.2 Å². The first kappa shape index (κ1) is 28.5. The Kier molecular flexibility index (Phi) is 9.38. The number of allylic oxidation sites excluding steroid dienone is 3. The molecule has 3 N–H and O–H groups in total. The van der Waals surface area contributed by atoms with Gasteiger partial charge in [-0.1, -0.05) is 80.3 Å². The van der Waals surface area contributed by atoms with Crippen LogP contribution in [0.2, 0.25) is 0 Å². The third-order valence-corrected chi connectivity index (χ3v) is 9.69. The van der Waals surface area contributed by atoms with Gasteiger partial charge in [-0.25, -0.2) is 0 Å². The number of aliphatic hydroxyl groups excluding tert-OH is 2. The summed E-state index contributed by atoms with van der Waals surface area (Å²) < 4.78 is 5.93. The Balaban J connectivity index is 1.36. The summed E-state index contributed by atoms with van der Waals surface area (Å²) in [5.74, 6) is 2.07. The van der Waals surface area contributed by atoms with Crippen molar-refractivity contribution in [1.82, 2.24) is 0 Å². The molecule has 1 aromatic carbocycles. The Morgan fingerprint density at radius 2 is 1.78 bits per heavy atom. The highest BCUT2D eigenvalue weighted by molar-refractivity contribution is 5.26. The third kappa shape index (κ3) is 7.15. The molecule has 0 unspecified atom stereocenters. The summed E-state index contributed by atoms with van der Waals surface area (Å²) in [5, 5.41) is 31.6. The van der Waals surface area contributed by atoms with E-state index in [1.807, 2.05) is 44.2 Å². The molecule has 4 rings (SSSR count). The molecule has 4 nitrogen and oxygen atoms in total. The standard InChI is InChI=1S/C33H50O4/c1-23(10-8-18-32(2,3)36)27-16-17-28-26(13-9-19-33(27,28)4)15-14-25-20-29(34)31(30(35)21-25)37-22-24-11-6-5-7-12-24/h5-7,11-12,14-15,23,27-31,34-36H,8-10,13,16-22H2,1-4H3/b25-14?,26-15+/t23-,27-,28+,29-,30-,31?,33-/m1/s1. The van der Waals surface area contributed by atoms with Crippen molar-refractivity contribution in [3.63, 3.8) is 0 Å². The Labute approximate surface area is 224 Å². The summed E-state index contributed by atoms with van der Waals surface area (Å²) in [6.45, 7) is 9.20. The van der Waals surface area contributed by atoms with Crippen molar-refractivity contribution < 1.29 is 20.1 Å². The Morgan fingerprint density at radius 1 is 1.08 bits per heavy atom. The fourth-order valence-electron chi connectivity index (χ4n) is 7.73. The van der Waals surface area contributed by atoms with Crippen LogP contribution in [0.3, 0.4) is 0 Å². The van der Waals surface area contributed by atoms with Crippen molar-refractivity contribution in [3.8, 4) is 0 Å². The summed E-state index contributed by atoms with van der Waals surface area (Å²) >= 11 is 0. The average molecular weight is 511 g/mol. The lowest BCUT2D eigenvalue weighted by molar-refractivity contribution is -0.116. The number of benzene rings is 1. The molecule has 0 amide bonds. The summed E-state index contributed by atoms with van der Waals surface area (Å²) in [6, 6.07) is 9.92. The third-order valence-electron chi connectivity index (χ3n) is 9.69. The van der Waals surface area contributed by atoms with E-state index < -0.39 is 23.9 Å². The minimum atomic E-state index is -0.686. The van der Waals surface area contributed by atoms with E-state index in [0.717, 1.165) is 36.3 Å². The zero-order valence-corrected chi connectivity index (χ0v) is 23.5. The minimum absolute atomic E-state index is 0.360. The molecule has 1 aromatic rings. The predicted molar refractivity (Wildman–Crippen MR) is 150 cm³/mol. The minimum Gasteiger partial charge on any atom is -0.390 e. The van der Waals surface area contributed by atoms with Gasteiger partial charge in [0.05, 0.1) is 24.4 Å². The van der Waals surface area contributed by atoms with E-state index in [2.05, 4.69) is 26.0 Å². The number of hydrogen-bond acceptors (Lipinski definition) is 4. The van der Waals surface area contributed by atoms with E-state index in [1.165, 1.54) is 32.1 Å². The van der Waals surface area contributed by atoms with Crippen molar-refractivity contribution in [1.29, 1.82) is 0 Å². The average Bonchev–Trinajstić information content (AvgIpc) is 3.19. The second-order valence-corrected chi connectivity index (χ2v) is 13.1. The van der Waals surface area contributed by atoms with Gasteiger partial charge in [0.25, 0.3) is 0 Å². The lowest BCUT2D eigenvalue weighted by Crippen LogP contribution is -2.43. The van der Waals surface area contributed by atoms with Gasteiger partial charge in [-0.2, -0.15) is 0 Å². The molecule has 4 heteroatoms. The molecular weight excluding hydrogens is 460 g/mol. The van der Waals surface area contributed by atoms with E-state index in [9.17, 15) is 15.3 Å². The van der Waals surface area contributed by atoms with Crippen LogP contribution in [-0.4, -0.2) is 39.2 Å². The highest BCUT2D eigenvalue weighted by Gasteiger charge is 2.50. The number of fused-ring (bicyclic) bond motifs is 1. The second-order valence-electron chi connectivity index (χ2n) is 13.1.